The third kappa shape index (κ3) is 4.44. The Bertz CT molecular complexity index is 1080. The summed E-state index contributed by atoms with van der Waals surface area (Å²) in [5, 5.41) is 17.7. The van der Waals surface area contributed by atoms with Gasteiger partial charge in [0.15, 0.2) is 0 Å². The van der Waals surface area contributed by atoms with Crippen molar-refractivity contribution in [3.63, 3.8) is 0 Å². The van der Waals surface area contributed by atoms with E-state index in [4.69, 9.17) is 9.26 Å². The van der Waals surface area contributed by atoms with Gasteiger partial charge in [-0.05, 0) is 31.0 Å². The Labute approximate surface area is 177 Å². The zero-order valence-corrected chi connectivity index (χ0v) is 16.7. The van der Waals surface area contributed by atoms with E-state index in [9.17, 15) is 14.9 Å². The normalized spacial score (nSPS) is 14.3. The van der Waals surface area contributed by atoms with Crippen molar-refractivity contribution >= 4 is 17.4 Å². The molecule has 11 heteroatoms. The van der Waals surface area contributed by atoms with Crippen LogP contribution in [0.5, 0.6) is 5.75 Å². The van der Waals surface area contributed by atoms with Gasteiger partial charge in [0.25, 0.3) is 5.69 Å². The highest BCUT2D eigenvalue weighted by Crippen LogP contribution is 2.31. The number of non-ortho nitro benzene ring substituents is 1. The third-order valence-electron chi connectivity index (χ3n) is 5.10. The number of hydrogen-bond donors (Lipinski definition) is 1. The van der Waals surface area contributed by atoms with E-state index in [1.807, 2.05) is 18.2 Å². The average molecular weight is 424 g/mol. The molecule has 2 amide bonds. The van der Waals surface area contributed by atoms with Crippen molar-refractivity contribution in [2.45, 2.75) is 18.8 Å². The molecule has 1 aliphatic heterocycles. The Balaban J connectivity index is 1.38. The van der Waals surface area contributed by atoms with Crippen LogP contribution in [0.1, 0.15) is 24.7 Å². The SMILES string of the molecule is COc1ccc([N+](=O)[O-])cc1NC(=O)N1CCC(c2nc(-c3ccccn3)no2)CC1. The van der Waals surface area contributed by atoms with Crippen LogP contribution in [0.3, 0.4) is 0 Å². The zero-order valence-electron chi connectivity index (χ0n) is 16.7. The summed E-state index contributed by atoms with van der Waals surface area (Å²) < 4.78 is 10.6. The number of nitro benzene ring substituents is 1. The minimum atomic E-state index is -0.524. The van der Waals surface area contributed by atoms with Crippen LogP contribution < -0.4 is 10.1 Å². The van der Waals surface area contributed by atoms with Gasteiger partial charge in [0, 0.05) is 37.3 Å². The van der Waals surface area contributed by atoms with Crippen molar-refractivity contribution < 1.29 is 19.0 Å². The summed E-state index contributed by atoms with van der Waals surface area (Å²) in [6, 6.07) is 9.18. The standard InChI is InChI=1S/C20H20N6O5/c1-30-17-6-5-14(26(28)29)12-16(17)22-20(27)25-10-7-13(8-11-25)19-23-18(24-31-19)15-4-2-3-9-21-15/h2-6,9,12-13H,7-8,10-11H2,1H3,(H,22,27). The first-order valence-electron chi connectivity index (χ1n) is 9.68. The maximum atomic E-state index is 12.7. The summed E-state index contributed by atoms with van der Waals surface area (Å²) in [4.78, 5) is 33.5. The third-order valence-corrected chi connectivity index (χ3v) is 5.10. The first-order chi connectivity index (χ1) is 15.0. The lowest BCUT2D eigenvalue weighted by Gasteiger charge is -2.30. The molecule has 1 aliphatic rings. The summed E-state index contributed by atoms with van der Waals surface area (Å²) in [5.41, 5.74) is 0.760. The molecular weight excluding hydrogens is 404 g/mol. The number of amides is 2. The summed E-state index contributed by atoms with van der Waals surface area (Å²) in [5.74, 6) is 1.36. The first kappa shape index (κ1) is 20.3. The van der Waals surface area contributed by atoms with Crippen LogP contribution in [0.4, 0.5) is 16.2 Å². The Kier molecular flexibility index (Phi) is 5.74. The highest BCUT2D eigenvalue weighted by atomic mass is 16.6. The molecule has 0 unspecified atom stereocenters. The van der Waals surface area contributed by atoms with Gasteiger partial charge in [-0.15, -0.1) is 0 Å². The number of carbonyl (C=O) groups is 1. The number of methoxy groups -OCH3 is 1. The fourth-order valence-corrected chi connectivity index (χ4v) is 3.43. The van der Waals surface area contributed by atoms with Crippen LogP contribution >= 0.6 is 0 Å². The zero-order chi connectivity index (χ0) is 21.8. The molecule has 11 nitrogen and oxygen atoms in total. The van der Waals surface area contributed by atoms with Crippen molar-refractivity contribution in [3.05, 3.63) is 58.6 Å². The lowest BCUT2D eigenvalue weighted by Crippen LogP contribution is -2.40. The number of rotatable bonds is 5. The largest absolute Gasteiger partial charge is 0.495 e. The fourth-order valence-electron chi connectivity index (χ4n) is 3.43. The van der Waals surface area contributed by atoms with Gasteiger partial charge in [-0.3, -0.25) is 15.1 Å². The molecule has 1 aromatic carbocycles. The second-order valence-corrected chi connectivity index (χ2v) is 7.00. The molecule has 4 rings (SSSR count). The molecule has 31 heavy (non-hydrogen) atoms. The van der Waals surface area contributed by atoms with E-state index < -0.39 is 4.92 Å². The van der Waals surface area contributed by atoms with Gasteiger partial charge < -0.3 is 19.5 Å². The molecule has 0 bridgehead atoms. The fraction of sp³-hybridized carbons (Fsp3) is 0.300. The van der Waals surface area contributed by atoms with E-state index in [-0.39, 0.29) is 23.3 Å². The number of pyridine rings is 1. The van der Waals surface area contributed by atoms with E-state index in [0.717, 1.165) is 0 Å². The molecule has 160 valence electrons. The second kappa shape index (κ2) is 8.78. The van der Waals surface area contributed by atoms with Gasteiger partial charge in [0.1, 0.15) is 11.4 Å². The molecule has 0 atom stereocenters. The van der Waals surface area contributed by atoms with Gasteiger partial charge in [0.2, 0.25) is 11.7 Å². The number of nitro groups is 1. The van der Waals surface area contributed by atoms with E-state index in [1.165, 1.54) is 25.3 Å². The molecule has 3 aromatic rings. The highest BCUT2D eigenvalue weighted by molar-refractivity contribution is 5.91. The Hall–Kier alpha value is -4.02. The van der Waals surface area contributed by atoms with Crippen LogP contribution in [-0.2, 0) is 0 Å². The van der Waals surface area contributed by atoms with E-state index in [0.29, 0.717) is 49.1 Å². The van der Waals surface area contributed by atoms with E-state index in [1.54, 1.807) is 11.1 Å². The van der Waals surface area contributed by atoms with Crippen LogP contribution in [0.25, 0.3) is 11.5 Å². The van der Waals surface area contributed by atoms with Gasteiger partial charge in [-0.25, -0.2) is 4.79 Å². The number of hydrogen-bond acceptors (Lipinski definition) is 8. The molecule has 1 fully saturated rings. The molecule has 0 radical (unpaired) electrons. The summed E-state index contributed by atoms with van der Waals surface area (Å²) in [6.45, 7) is 0.962. The Morgan fingerprint density at radius 3 is 2.77 bits per heavy atom. The molecular formula is C20H20N6O5. The number of ether oxygens (including phenoxy) is 1. The molecule has 1 saturated heterocycles. The number of nitrogens with one attached hydrogen (secondary N) is 1. The summed E-state index contributed by atoms with van der Waals surface area (Å²) in [7, 11) is 1.44. The Morgan fingerprint density at radius 1 is 1.29 bits per heavy atom. The van der Waals surface area contributed by atoms with Gasteiger partial charge in [0.05, 0.1) is 17.7 Å². The average Bonchev–Trinajstić information content (AvgIpc) is 3.30. The van der Waals surface area contributed by atoms with Crippen LogP contribution in [0.15, 0.2) is 47.1 Å². The Morgan fingerprint density at radius 2 is 2.10 bits per heavy atom. The maximum Gasteiger partial charge on any atom is 0.321 e. The number of carbonyl (C=O) groups excluding carboxylic acids is 1. The van der Waals surface area contributed by atoms with Crippen molar-refractivity contribution in [3.8, 4) is 17.3 Å². The summed E-state index contributed by atoms with van der Waals surface area (Å²) in [6.07, 6.45) is 2.98. The van der Waals surface area contributed by atoms with E-state index in [2.05, 4.69) is 20.4 Å². The van der Waals surface area contributed by atoms with Gasteiger partial charge in [-0.1, -0.05) is 11.2 Å². The monoisotopic (exact) mass is 424 g/mol. The predicted molar refractivity (Wildman–Crippen MR) is 110 cm³/mol. The lowest BCUT2D eigenvalue weighted by atomic mass is 9.97. The lowest BCUT2D eigenvalue weighted by molar-refractivity contribution is -0.384. The predicted octanol–water partition coefficient (Wildman–Crippen LogP) is 3.46. The van der Waals surface area contributed by atoms with Crippen molar-refractivity contribution in [2.24, 2.45) is 0 Å². The molecule has 0 spiro atoms. The topological polar surface area (TPSA) is 137 Å². The quantitative estimate of drug-likeness (QED) is 0.486. The number of benzene rings is 1. The molecule has 1 N–H and O–H groups in total. The number of nitrogens with zero attached hydrogens (tertiary/aromatic N) is 5. The number of urea groups is 1. The summed E-state index contributed by atoms with van der Waals surface area (Å²) >= 11 is 0. The molecule has 3 heterocycles. The molecule has 2 aromatic heterocycles. The van der Waals surface area contributed by atoms with Crippen molar-refractivity contribution in [1.29, 1.82) is 0 Å². The second-order valence-electron chi connectivity index (χ2n) is 7.00. The smallest absolute Gasteiger partial charge is 0.321 e. The van der Waals surface area contributed by atoms with Crippen molar-refractivity contribution in [2.75, 3.05) is 25.5 Å². The molecule has 0 aliphatic carbocycles. The van der Waals surface area contributed by atoms with Crippen LogP contribution in [0.2, 0.25) is 0 Å². The minimum Gasteiger partial charge on any atom is -0.495 e. The van der Waals surface area contributed by atoms with Crippen LogP contribution in [-0.4, -0.2) is 51.2 Å². The maximum absolute atomic E-state index is 12.7. The molecule has 0 saturated carbocycles. The van der Waals surface area contributed by atoms with E-state index >= 15 is 0 Å². The minimum absolute atomic E-state index is 0.0429. The highest BCUT2D eigenvalue weighted by Gasteiger charge is 2.28. The van der Waals surface area contributed by atoms with Gasteiger partial charge in [-0.2, -0.15) is 4.98 Å². The van der Waals surface area contributed by atoms with Gasteiger partial charge >= 0.3 is 6.03 Å². The van der Waals surface area contributed by atoms with Crippen LogP contribution in [0, 0.1) is 10.1 Å². The number of likely N-dealkylation sites (tertiary alicyclic amines) is 1. The number of piperidine rings is 1. The number of aromatic nitrogens is 3. The van der Waals surface area contributed by atoms with Crippen molar-refractivity contribution in [1.82, 2.24) is 20.0 Å². The number of anilines is 1. The first-order valence-corrected chi connectivity index (χ1v) is 9.68.